The third kappa shape index (κ3) is 2.88. The van der Waals surface area contributed by atoms with Crippen molar-refractivity contribution in [3.8, 4) is 0 Å². The molecule has 106 valence electrons. The van der Waals surface area contributed by atoms with E-state index in [0.717, 1.165) is 25.4 Å². The van der Waals surface area contributed by atoms with Gasteiger partial charge in [0.2, 0.25) is 0 Å². The standard InChI is InChI=1S/C16H25NOS/c1-3-13-6-7-15(19-13)14-10-17-11-16(18-14)8-4-5-12(2)9-16/h6-7,12,14,17H,3-5,8-11H2,1-2H3. The molecule has 3 rings (SSSR count). The molecule has 3 heteroatoms. The molecule has 0 bridgehead atoms. The molecule has 2 fully saturated rings. The first-order valence-electron chi connectivity index (χ1n) is 7.68. The maximum absolute atomic E-state index is 6.58. The average molecular weight is 279 g/mol. The van der Waals surface area contributed by atoms with Crippen molar-refractivity contribution in [1.82, 2.24) is 5.32 Å². The van der Waals surface area contributed by atoms with Crippen molar-refractivity contribution in [2.24, 2.45) is 5.92 Å². The average Bonchev–Trinajstić information content (AvgIpc) is 2.87. The molecule has 19 heavy (non-hydrogen) atoms. The predicted octanol–water partition coefficient (Wildman–Crippen LogP) is 3.92. The van der Waals surface area contributed by atoms with E-state index >= 15 is 0 Å². The van der Waals surface area contributed by atoms with E-state index < -0.39 is 0 Å². The van der Waals surface area contributed by atoms with E-state index in [9.17, 15) is 0 Å². The molecule has 1 aromatic rings. The lowest BCUT2D eigenvalue weighted by molar-refractivity contribution is -0.142. The van der Waals surface area contributed by atoms with E-state index in [1.54, 1.807) is 0 Å². The molecule has 1 saturated carbocycles. The predicted molar refractivity (Wildman–Crippen MR) is 80.8 cm³/mol. The van der Waals surface area contributed by atoms with Gasteiger partial charge in [-0.3, -0.25) is 0 Å². The zero-order valence-corrected chi connectivity index (χ0v) is 12.9. The highest BCUT2D eigenvalue weighted by Gasteiger charge is 2.40. The third-order valence-corrected chi connectivity index (χ3v) is 5.89. The Hall–Kier alpha value is -0.380. The van der Waals surface area contributed by atoms with Gasteiger partial charge in [0.25, 0.3) is 0 Å². The molecule has 3 atom stereocenters. The van der Waals surface area contributed by atoms with Crippen LogP contribution < -0.4 is 5.32 Å². The Balaban J connectivity index is 1.73. The summed E-state index contributed by atoms with van der Waals surface area (Å²) >= 11 is 1.92. The SMILES string of the molecule is CCc1ccc(C2CNCC3(CCCC(C)C3)O2)s1. The quantitative estimate of drug-likeness (QED) is 0.886. The molecular formula is C16H25NOS. The maximum atomic E-state index is 6.58. The summed E-state index contributed by atoms with van der Waals surface area (Å²) in [6.45, 7) is 6.60. The second-order valence-corrected chi connectivity index (χ2v) is 7.48. The summed E-state index contributed by atoms with van der Waals surface area (Å²) in [5, 5.41) is 3.62. The van der Waals surface area contributed by atoms with Gasteiger partial charge in [-0.2, -0.15) is 0 Å². The van der Waals surface area contributed by atoms with Crippen LogP contribution in [0.4, 0.5) is 0 Å². The second kappa shape index (κ2) is 5.55. The van der Waals surface area contributed by atoms with Crippen molar-refractivity contribution in [3.63, 3.8) is 0 Å². The molecule has 1 aliphatic carbocycles. The van der Waals surface area contributed by atoms with E-state index in [1.165, 1.54) is 35.4 Å². The second-order valence-electron chi connectivity index (χ2n) is 6.28. The van der Waals surface area contributed by atoms with Crippen LogP contribution in [0.3, 0.4) is 0 Å². The van der Waals surface area contributed by atoms with Crippen LogP contribution in [0.5, 0.6) is 0 Å². The topological polar surface area (TPSA) is 21.3 Å². The Morgan fingerprint density at radius 1 is 1.47 bits per heavy atom. The fraction of sp³-hybridized carbons (Fsp3) is 0.750. The molecule has 1 N–H and O–H groups in total. The summed E-state index contributed by atoms with van der Waals surface area (Å²) < 4.78 is 6.58. The molecule has 3 unspecified atom stereocenters. The van der Waals surface area contributed by atoms with Gasteiger partial charge in [0.15, 0.2) is 0 Å². The zero-order chi connectivity index (χ0) is 13.3. The van der Waals surface area contributed by atoms with Crippen molar-refractivity contribution >= 4 is 11.3 Å². The van der Waals surface area contributed by atoms with Gasteiger partial charge in [-0.1, -0.05) is 26.7 Å². The molecule has 1 aromatic heterocycles. The number of rotatable bonds is 2. The molecule has 2 aliphatic rings. The lowest BCUT2D eigenvalue weighted by Gasteiger charge is -2.45. The van der Waals surface area contributed by atoms with Crippen LogP contribution in [-0.2, 0) is 11.2 Å². The van der Waals surface area contributed by atoms with Gasteiger partial charge < -0.3 is 10.1 Å². The largest absolute Gasteiger partial charge is 0.364 e. The van der Waals surface area contributed by atoms with Gasteiger partial charge in [0, 0.05) is 22.8 Å². The highest BCUT2D eigenvalue weighted by atomic mass is 32.1. The smallest absolute Gasteiger partial charge is 0.105 e. The van der Waals surface area contributed by atoms with Crippen LogP contribution in [0.15, 0.2) is 12.1 Å². The highest BCUT2D eigenvalue weighted by Crippen LogP contribution is 2.41. The monoisotopic (exact) mass is 279 g/mol. The zero-order valence-electron chi connectivity index (χ0n) is 12.1. The Bertz CT molecular complexity index is 426. The van der Waals surface area contributed by atoms with Crippen LogP contribution >= 0.6 is 11.3 Å². The number of hydrogen-bond acceptors (Lipinski definition) is 3. The molecule has 1 aliphatic heterocycles. The summed E-state index contributed by atoms with van der Waals surface area (Å²) in [5.41, 5.74) is 0.108. The van der Waals surface area contributed by atoms with Crippen LogP contribution in [0.1, 0.15) is 55.4 Å². The third-order valence-electron chi connectivity index (χ3n) is 4.57. The summed E-state index contributed by atoms with van der Waals surface area (Å²) in [4.78, 5) is 2.87. The van der Waals surface area contributed by atoms with E-state index in [1.807, 2.05) is 11.3 Å². The number of nitrogens with one attached hydrogen (secondary N) is 1. The summed E-state index contributed by atoms with van der Waals surface area (Å²) in [7, 11) is 0. The first kappa shape index (κ1) is 13.6. The van der Waals surface area contributed by atoms with Crippen LogP contribution in [0.25, 0.3) is 0 Å². The van der Waals surface area contributed by atoms with Gasteiger partial charge in [-0.25, -0.2) is 0 Å². The van der Waals surface area contributed by atoms with E-state index in [2.05, 4.69) is 31.3 Å². The molecule has 2 heterocycles. The number of morpholine rings is 1. The number of thiophene rings is 1. The van der Waals surface area contributed by atoms with Crippen LogP contribution in [0.2, 0.25) is 0 Å². The fourth-order valence-corrected chi connectivity index (χ4v) is 4.59. The van der Waals surface area contributed by atoms with Crippen LogP contribution in [0, 0.1) is 5.92 Å². The minimum atomic E-state index is 0.108. The molecule has 2 nitrogen and oxygen atoms in total. The lowest BCUT2D eigenvalue weighted by Crippen LogP contribution is -2.52. The molecule has 0 radical (unpaired) electrons. The van der Waals surface area contributed by atoms with E-state index in [0.29, 0.717) is 0 Å². The number of ether oxygens (including phenoxy) is 1. The summed E-state index contributed by atoms with van der Waals surface area (Å²) in [6, 6.07) is 4.52. The van der Waals surface area contributed by atoms with E-state index in [-0.39, 0.29) is 11.7 Å². The minimum absolute atomic E-state index is 0.108. The summed E-state index contributed by atoms with van der Waals surface area (Å²) in [5.74, 6) is 0.809. The summed E-state index contributed by atoms with van der Waals surface area (Å²) in [6.07, 6.45) is 6.54. The molecular weight excluding hydrogens is 254 g/mol. The van der Waals surface area contributed by atoms with Gasteiger partial charge in [-0.15, -0.1) is 11.3 Å². The van der Waals surface area contributed by atoms with Crippen molar-refractivity contribution < 1.29 is 4.74 Å². The Kier molecular flexibility index (Phi) is 3.97. The molecule has 1 saturated heterocycles. The first-order valence-corrected chi connectivity index (χ1v) is 8.49. The van der Waals surface area contributed by atoms with Crippen molar-refractivity contribution in [1.29, 1.82) is 0 Å². The Labute approximate surface area is 120 Å². The maximum Gasteiger partial charge on any atom is 0.105 e. The Morgan fingerprint density at radius 2 is 2.37 bits per heavy atom. The number of aryl methyl sites for hydroxylation is 1. The fourth-order valence-electron chi connectivity index (χ4n) is 3.61. The van der Waals surface area contributed by atoms with Gasteiger partial charge in [0.1, 0.15) is 6.10 Å². The molecule has 1 spiro atoms. The molecule has 0 amide bonds. The van der Waals surface area contributed by atoms with Gasteiger partial charge >= 0.3 is 0 Å². The first-order chi connectivity index (χ1) is 9.21. The normalized spacial score (nSPS) is 35.7. The number of hydrogen-bond donors (Lipinski definition) is 1. The van der Waals surface area contributed by atoms with Crippen molar-refractivity contribution in [2.75, 3.05) is 13.1 Å². The molecule has 0 aromatic carbocycles. The highest BCUT2D eigenvalue weighted by molar-refractivity contribution is 7.12. The van der Waals surface area contributed by atoms with Crippen LogP contribution in [-0.4, -0.2) is 18.7 Å². The van der Waals surface area contributed by atoms with Gasteiger partial charge in [-0.05, 0) is 37.3 Å². The van der Waals surface area contributed by atoms with E-state index in [4.69, 9.17) is 4.74 Å². The lowest BCUT2D eigenvalue weighted by atomic mass is 9.78. The van der Waals surface area contributed by atoms with Gasteiger partial charge in [0.05, 0.1) is 5.60 Å². The minimum Gasteiger partial charge on any atom is -0.364 e. The Morgan fingerprint density at radius 3 is 3.11 bits per heavy atom. The van der Waals surface area contributed by atoms with Crippen molar-refractivity contribution in [2.45, 2.75) is 57.7 Å². The van der Waals surface area contributed by atoms with Crippen molar-refractivity contribution in [3.05, 3.63) is 21.9 Å².